The standard InChI is InChI=1S/C9H13NO/c1-2-3-9-6-8(7-11)4-5-10-9/h4-6,11H,2-3,7H2,1H3. The van der Waals surface area contributed by atoms with Crippen LogP contribution in [0.25, 0.3) is 0 Å². The number of hydrogen-bond donors (Lipinski definition) is 1. The Balaban J connectivity index is 2.74. The molecule has 1 heterocycles. The number of aliphatic hydroxyl groups excluding tert-OH is 1. The van der Waals surface area contributed by atoms with E-state index in [-0.39, 0.29) is 6.61 Å². The summed E-state index contributed by atoms with van der Waals surface area (Å²) in [6.45, 7) is 2.23. The first kappa shape index (κ1) is 8.21. The zero-order chi connectivity index (χ0) is 8.10. The topological polar surface area (TPSA) is 33.1 Å². The van der Waals surface area contributed by atoms with Crippen molar-refractivity contribution in [1.82, 2.24) is 4.98 Å². The number of hydrogen-bond acceptors (Lipinski definition) is 2. The van der Waals surface area contributed by atoms with Crippen molar-refractivity contribution in [2.45, 2.75) is 26.4 Å². The van der Waals surface area contributed by atoms with Crippen LogP contribution in [0.4, 0.5) is 0 Å². The minimum absolute atomic E-state index is 0.110. The molecule has 0 aliphatic heterocycles. The van der Waals surface area contributed by atoms with Crippen LogP contribution in [0.15, 0.2) is 18.3 Å². The molecule has 1 aromatic heterocycles. The molecule has 2 nitrogen and oxygen atoms in total. The third-order valence-electron chi connectivity index (χ3n) is 1.57. The van der Waals surface area contributed by atoms with Crippen molar-refractivity contribution < 1.29 is 5.11 Å². The monoisotopic (exact) mass is 151 g/mol. The summed E-state index contributed by atoms with van der Waals surface area (Å²) in [7, 11) is 0. The van der Waals surface area contributed by atoms with Crippen molar-refractivity contribution in [2.24, 2.45) is 0 Å². The van der Waals surface area contributed by atoms with Crippen LogP contribution >= 0.6 is 0 Å². The first-order chi connectivity index (χ1) is 5.36. The van der Waals surface area contributed by atoms with Crippen molar-refractivity contribution in [3.63, 3.8) is 0 Å². The van der Waals surface area contributed by atoms with Crippen LogP contribution in [0.3, 0.4) is 0 Å². The summed E-state index contributed by atoms with van der Waals surface area (Å²) < 4.78 is 0. The molecule has 0 unspecified atom stereocenters. The maximum Gasteiger partial charge on any atom is 0.0683 e. The Kier molecular flexibility index (Phi) is 3.05. The SMILES string of the molecule is CCCc1cc(CO)ccn1. The molecule has 0 spiro atoms. The van der Waals surface area contributed by atoms with Gasteiger partial charge in [0.1, 0.15) is 0 Å². The van der Waals surface area contributed by atoms with Crippen molar-refractivity contribution in [2.75, 3.05) is 0 Å². The third-order valence-corrected chi connectivity index (χ3v) is 1.57. The van der Waals surface area contributed by atoms with Gasteiger partial charge in [-0.15, -0.1) is 0 Å². The van der Waals surface area contributed by atoms with Gasteiger partial charge in [-0.25, -0.2) is 0 Å². The Morgan fingerprint density at radius 3 is 3.00 bits per heavy atom. The molecule has 60 valence electrons. The molecular formula is C9H13NO. The first-order valence-electron chi connectivity index (χ1n) is 3.91. The van der Waals surface area contributed by atoms with E-state index in [1.165, 1.54) is 0 Å². The van der Waals surface area contributed by atoms with E-state index in [0.717, 1.165) is 24.1 Å². The number of pyridine rings is 1. The fourth-order valence-electron chi connectivity index (χ4n) is 1.02. The predicted molar refractivity (Wildman–Crippen MR) is 44.2 cm³/mol. The molecule has 0 amide bonds. The van der Waals surface area contributed by atoms with Crippen LogP contribution in [0.2, 0.25) is 0 Å². The van der Waals surface area contributed by atoms with Gasteiger partial charge in [0.15, 0.2) is 0 Å². The summed E-state index contributed by atoms with van der Waals surface area (Å²) in [5.41, 5.74) is 2.02. The summed E-state index contributed by atoms with van der Waals surface area (Å²) in [4.78, 5) is 4.17. The molecule has 0 aliphatic rings. The lowest BCUT2D eigenvalue weighted by molar-refractivity contribution is 0.281. The lowest BCUT2D eigenvalue weighted by Crippen LogP contribution is -1.91. The molecule has 0 aromatic carbocycles. The maximum atomic E-state index is 8.80. The molecule has 2 heteroatoms. The summed E-state index contributed by atoms with van der Waals surface area (Å²) >= 11 is 0. The van der Waals surface area contributed by atoms with E-state index in [0.29, 0.717) is 0 Å². The Hall–Kier alpha value is -0.890. The molecule has 1 aromatic rings. The average molecular weight is 151 g/mol. The van der Waals surface area contributed by atoms with Gasteiger partial charge in [0.25, 0.3) is 0 Å². The van der Waals surface area contributed by atoms with Crippen LogP contribution in [-0.2, 0) is 13.0 Å². The van der Waals surface area contributed by atoms with Crippen molar-refractivity contribution in [3.05, 3.63) is 29.6 Å². The Morgan fingerprint density at radius 1 is 1.55 bits per heavy atom. The lowest BCUT2D eigenvalue weighted by Gasteiger charge is -1.99. The molecular weight excluding hydrogens is 138 g/mol. The highest BCUT2D eigenvalue weighted by atomic mass is 16.3. The van der Waals surface area contributed by atoms with Gasteiger partial charge in [-0.1, -0.05) is 13.3 Å². The Bertz CT molecular complexity index is 223. The van der Waals surface area contributed by atoms with Crippen LogP contribution < -0.4 is 0 Å². The summed E-state index contributed by atoms with van der Waals surface area (Å²) in [5, 5.41) is 8.80. The van der Waals surface area contributed by atoms with E-state index in [1.807, 2.05) is 12.1 Å². The second-order valence-corrected chi connectivity index (χ2v) is 2.56. The van der Waals surface area contributed by atoms with Gasteiger partial charge in [0, 0.05) is 11.9 Å². The van der Waals surface area contributed by atoms with Gasteiger partial charge in [-0.3, -0.25) is 4.98 Å². The molecule has 0 fully saturated rings. The number of aliphatic hydroxyl groups is 1. The minimum Gasteiger partial charge on any atom is -0.392 e. The van der Waals surface area contributed by atoms with Crippen LogP contribution in [0.5, 0.6) is 0 Å². The van der Waals surface area contributed by atoms with E-state index in [4.69, 9.17) is 5.11 Å². The normalized spacial score (nSPS) is 10.0. The van der Waals surface area contributed by atoms with Crippen LogP contribution in [0.1, 0.15) is 24.6 Å². The maximum absolute atomic E-state index is 8.80. The lowest BCUT2D eigenvalue weighted by atomic mass is 10.2. The Morgan fingerprint density at radius 2 is 2.36 bits per heavy atom. The highest BCUT2D eigenvalue weighted by Gasteiger charge is 1.93. The van der Waals surface area contributed by atoms with Gasteiger partial charge >= 0.3 is 0 Å². The van der Waals surface area contributed by atoms with Crippen molar-refractivity contribution >= 4 is 0 Å². The van der Waals surface area contributed by atoms with Crippen LogP contribution in [-0.4, -0.2) is 10.1 Å². The van der Waals surface area contributed by atoms with E-state index in [2.05, 4.69) is 11.9 Å². The molecule has 1 N–H and O–H groups in total. The van der Waals surface area contributed by atoms with E-state index in [1.54, 1.807) is 6.20 Å². The fraction of sp³-hybridized carbons (Fsp3) is 0.444. The quantitative estimate of drug-likeness (QED) is 0.710. The zero-order valence-electron chi connectivity index (χ0n) is 6.75. The molecule has 0 saturated heterocycles. The third kappa shape index (κ3) is 2.31. The number of aryl methyl sites for hydroxylation is 1. The van der Waals surface area contributed by atoms with Gasteiger partial charge in [-0.05, 0) is 24.1 Å². The van der Waals surface area contributed by atoms with E-state index < -0.39 is 0 Å². The van der Waals surface area contributed by atoms with Crippen molar-refractivity contribution in [1.29, 1.82) is 0 Å². The van der Waals surface area contributed by atoms with E-state index in [9.17, 15) is 0 Å². The highest BCUT2D eigenvalue weighted by molar-refractivity contribution is 5.15. The second kappa shape index (κ2) is 4.09. The predicted octanol–water partition coefficient (Wildman–Crippen LogP) is 1.53. The molecule has 0 radical (unpaired) electrons. The van der Waals surface area contributed by atoms with Gasteiger partial charge in [-0.2, -0.15) is 0 Å². The molecule has 0 bridgehead atoms. The van der Waals surface area contributed by atoms with Crippen molar-refractivity contribution in [3.8, 4) is 0 Å². The summed E-state index contributed by atoms with van der Waals surface area (Å²) in [5.74, 6) is 0. The van der Waals surface area contributed by atoms with Crippen LogP contribution in [0, 0.1) is 0 Å². The minimum atomic E-state index is 0.110. The zero-order valence-corrected chi connectivity index (χ0v) is 6.75. The van der Waals surface area contributed by atoms with Gasteiger partial charge in [0.05, 0.1) is 6.61 Å². The number of nitrogens with zero attached hydrogens (tertiary/aromatic N) is 1. The molecule has 0 aliphatic carbocycles. The van der Waals surface area contributed by atoms with Gasteiger partial charge < -0.3 is 5.11 Å². The number of rotatable bonds is 3. The molecule has 0 saturated carbocycles. The Labute approximate surface area is 66.9 Å². The van der Waals surface area contributed by atoms with E-state index >= 15 is 0 Å². The smallest absolute Gasteiger partial charge is 0.0683 e. The first-order valence-corrected chi connectivity index (χ1v) is 3.91. The second-order valence-electron chi connectivity index (χ2n) is 2.56. The molecule has 1 rings (SSSR count). The summed E-state index contributed by atoms with van der Waals surface area (Å²) in [6.07, 6.45) is 3.84. The largest absolute Gasteiger partial charge is 0.392 e. The summed E-state index contributed by atoms with van der Waals surface area (Å²) in [6, 6.07) is 3.78. The van der Waals surface area contributed by atoms with Gasteiger partial charge in [0.2, 0.25) is 0 Å². The molecule has 11 heavy (non-hydrogen) atoms. The average Bonchev–Trinajstić information content (AvgIpc) is 2.06. The molecule has 0 atom stereocenters. The highest BCUT2D eigenvalue weighted by Crippen LogP contribution is 2.03. The fourth-order valence-corrected chi connectivity index (χ4v) is 1.02. The number of aromatic nitrogens is 1.